The summed E-state index contributed by atoms with van der Waals surface area (Å²) in [6.07, 6.45) is 3.30. The summed E-state index contributed by atoms with van der Waals surface area (Å²) in [4.78, 5) is 25.6. The van der Waals surface area contributed by atoms with Crippen molar-refractivity contribution in [2.45, 2.75) is 12.8 Å². The molecular formula is C15H13FN4O3. The van der Waals surface area contributed by atoms with E-state index in [2.05, 4.69) is 15.6 Å². The van der Waals surface area contributed by atoms with Crippen LogP contribution >= 0.6 is 0 Å². The number of amides is 1. The van der Waals surface area contributed by atoms with Gasteiger partial charge in [-0.15, -0.1) is 0 Å². The Bertz CT molecular complexity index is 777. The number of nitro benzene ring substituents is 1. The van der Waals surface area contributed by atoms with E-state index in [9.17, 15) is 19.3 Å². The number of halogens is 1. The normalized spacial score (nSPS) is 13.4. The van der Waals surface area contributed by atoms with Crippen LogP contribution in [0.4, 0.5) is 27.3 Å². The van der Waals surface area contributed by atoms with Crippen LogP contribution in [0.25, 0.3) is 0 Å². The van der Waals surface area contributed by atoms with Crippen molar-refractivity contribution in [2.24, 2.45) is 5.92 Å². The Morgan fingerprint density at radius 1 is 1.26 bits per heavy atom. The Morgan fingerprint density at radius 3 is 2.65 bits per heavy atom. The van der Waals surface area contributed by atoms with E-state index in [1.165, 1.54) is 12.3 Å². The van der Waals surface area contributed by atoms with Gasteiger partial charge in [-0.3, -0.25) is 14.9 Å². The van der Waals surface area contributed by atoms with E-state index < -0.39 is 16.4 Å². The van der Waals surface area contributed by atoms with Crippen molar-refractivity contribution in [3.63, 3.8) is 0 Å². The highest BCUT2D eigenvalue weighted by atomic mass is 19.1. The lowest BCUT2D eigenvalue weighted by Crippen LogP contribution is -2.14. The first-order chi connectivity index (χ1) is 11.0. The summed E-state index contributed by atoms with van der Waals surface area (Å²) in [5, 5.41) is 16.2. The van der Waals surface area contributed by atoms with E-state index in [4.69, 9.17) is 0 Å². The number of pyridine rings is 1. The van der Waals surface area contributed by atoms with Crippen LogP contribution in [0, 0.1) is 21.8 Å². The smallest absolute Gasteiger partial charge is 0.304 e. The van der Waals surface area contributed by atoms with Crippen molar-refractivity contribution in [1.82, 2.24) is 4.98 Å². The molecule has 2 N–H and O–H groups in total. The number of carbonyl (C=O) groups excluding carboxylic acids is 1. The molecule has 8 heteroatoms. The van der Waals surface area contributed by atoms with E-state index in [-0.39, 0.29) is 11.8 Å². The molecule has 1 heterocycles. The molecule has 3 rings (SSSR count). The lowest BCUT2D eigenvalue weighted by Gasteiger charge is -2.09. The first-order valence-corrected chi connectivity index (χ1v) is 7.01. The standard InChI is InChI=1S/C15H13FN4O3/c16-12-7-10(3-4-13(12)20(22)23)18-11-5-6-17-14(8-11)19-15(21)9-1-2-9/h3-9H,1-2H2,(H2,17,18,19,21). The monoisotopic (exact) mass is 316 g/mol. The number of aromatic nitrogens is 1. The molecule has 0 atom stereocenters. The highest BCUT2D eigenvalue weighted by Gasteiger charge is 2.29. The third-order valence-corrected chi connectivity index (χ3v) is 3.39. The molecule has 1 aromatic carbocycles. The van der Waals surface area contributed by atoms with E-state index in [0.717, 1.165) is 25.0 Å². The van der Waals surface area contributed by atoms with Gasteiger partial charge in [-0.25, -0.2) is 4.98 Å². The van der Waals surface area contributed by atoms with Crippen molar-refractivity contribution in [1.29, 1.82) is 0 Å². The predicted octanol–water partition coefficient (Wildman–Crippen LogP) is 3.22. The number of benzene rings is 1. The molecule has 1 aromatic heterocycles. The molecular weight excluding hydrogens is 303 g/mol. The summed E-state index contributed by atoms with van der Waals surface area (Å²) in [6, 6.07) is 6.80. The highest BCUT2D eigenvalue weighted by molar-refractivity contribution is 5.93. The summed E-state index contributed by atoms with van der Waals surface area (Å²) in [7, 11) is 0. The molecule has 1 aliphatic carbocycles. The molecule has 0 spiro atoms. The van der Waals surface area contributed by atoms with Crippen LogP contribution in [0.2, 0.25) is 0 Å². The summed E-state index contributed by atoms with van der Waals surface area (Å²) in [5.74, 6) is -0.515. The van der Waals surface area contributed by atoms with Gasteiger partial charge in [-0.05, 0) is 25.0 Å². The van der Waals surface area contributed by atoms with Crippen molar-refractivity contribution >= 4 is 28.8 Å². The zero-order valence-electron chi connectivity index (χ0n) is 12.0. The van der Waals surface area contributed by atoms with Crippen LogP contribution in [-0.4, -0.2) is 15.8 Å². The largest absolute Gasteiger partial charge is 0.355 e. The second kappa shape index (κ2) is 5.99. The minimum atomic E-state index is -0.920. The zero-order chi connectivity index (χ0) is 16.4. The van der Waals surface area contributed by atoms with Gasteiger partial charge in [0.05, 0.1) is 4.92 Å². The number of hydrogen-bond donors (Lipinski definition) is 2. The molecule has 1 aliphatic rings. The molecule has 23 heavy (non-hydrogen) atoms. The Balaban J connectivity index is 1.73. The SMILES string of the molecule is O=C(Nc1cc(Nc2ccc([N+](=O)[O-])c(F)c2)ccn1)C1CC1. The number of nitrogens with zero attached hydrogens (tertiary/aromatic N) is 2. The van der Waals surface area contributed by atoms with Crippen molar-refractivity contribution in [3.8, 4) is 0 Å². The maximum Gasteiger partial charge on any atom is 0.304 e. The zero-order valence-corrected chi connectivity index (χ0v) is 12.0. The van der Waals surface area contributed by atoms with Gasteiger partial charge in [-0.1, -0.05) is 0 Å². The molecule has 7 nitrogen and oxygen atoms in total. The van der Waals surface area contributed by atoms with Gasteiger partial charge in [0.1, 0.15) is 5.82 Å². The topological polar surface area (TPSA) is 97.2 Å². The number of hydrogen-bond acceptors (Lipinski definition) is 5. The Morgan fingerprint density at radius 2 is 2.00 bits per heavy atom. The Kier molecular flexibility index (Phi) is 3.88. The van der Waals surface area contributed by atoms with Gasteiger partial charge < -0.3 is 10.6 Å². The summed E-state index contributed by atoms with van der Waals surface area (Å²) < 4.78 is 13.6. The van der Waals surface area contributed by atoms with Crippen LogP contribution < -0.4 is 10.6 Å². The molecule has 2 aromatic rings. The number of carbonyl (C=O) groups is 1. The first kappa shape index (κ1) is 14.9. The van der Waals surface area contributed by atoms with Crippen LogP contribution in [0.15, 0.2) is 36.5 Å². The maximum absolute atomic E-state index is 13.6. The van der Waals surface area contributed by atoms with Crippen LogP contribution in [-0.2, 0) is 4.79 Å². The fourth-order valence-electron chi connectivity index (χ4n) is 2.05. The van der Waals surface area contributed by atoms with Gasteiger partial charge in [0.2, 0.25) is 11.7 Å². The molecule has 0 aliphatic heterocycles. The Hall–Kier alpha value is -3.03. The summed E-state index contributed by atoms with van der Waals surface area (Å²) >= 11 is 0. The van der Waals surface area contributed by atoms with Crippen LogP contribution in [0.3, 0.4) is 0 Å². The fraction of sp³-hybridized carbons (Fsp3) is 0.200. The van der Waals surface area contributed by atoms with Gasteiger partial charge in [-0.2, -0.15) is 4.39 Å². The molecule has 118 valence electrons. The summed E-state index contributed by atoms with van der Waals surface area (Å²) in [6.45, 7) is 0. The number of rotatable bonds is 5. The lowest BCUT2D eigenvalue weighted by molar-refractivity contribution is -0.387. The third-order valence-electron chi connectivity index (χ3n) is 3.39. The third kappa shape index (κ3) is 3.60. The quantitative estimate of drug-likeness (QED) is 0.652. The highest BCUT2D eigenvalue weighted by Crippen LogP contribution is 2.30. The minimum Gasteiger partial charge on any atom is -0.355 e. The maximum atomic E-state index is 13.6. The molecule has 1 fully saturated rings. The van der Waals surface area contributed by atoms with Crippen molar-refractivity contribution in [2.75, 3.05) is 10.6 Å². The molecule has 0 bridgehead atoms. The van der Waals surface area contributed by atoms with Crippen molar-refractivity contribution in [3.05, 3.63) is 52.5 Å². The second-order valence-corrected chi connectivity index (χ2v) is 5.24. The van der Waals surface area contributed by atoms with Gasteiger partial charge >= 0.3 is 5.69 Å². The van der Waals surface area contributed by atoms with E-state index in [0.29, 0.717) is 17.2 Å². The molecule has 1 amide bonds. The number of anilines is 3. The fourth-order valence-corrected chi connectivity index (χ4v) is 2.05. The van der Waals surface area contributed by atoms with Crippen molar-refractivity contribution < 1.29 is 14.1 Å². The average molecular weight is 316 g/mol. The summed E-state index contributed by atoms with van der Waals surface area (Å²) in [5.41, 5.74) is 0.362. The van der Waals surface area contributed by atoms with Gasteiger partial charge in [0.25, 0.3) is 0 Å². The molecule has 1 saturated carbocycles. The molecule has 0 radical (unpaired) electrons. The lowest BCUT2D eigenvalue weighted by atomic mass is 10.2. The van der Waals surface area contributed by atoms with E-state index in [1.54, 1.807) is 12.1 Å². The van der Waals surface area contributed by atoms with Crippen LogP contribution in [0.1, 0.15) is 12.8 Å². The second-order valence-electron chi connectivity index (χ2n) is 5.24. The van der Waals surface area contributed by atoms with Crippen LogP contribution in [0.5, 0.6) is 0 Å². The van der Waals surface area contributed by atoms with E-state index in [1.807, 2.05) is 0 Å². The number of nitrogens with one attached hydrogen (secondary N) is 2. The first-order valence-electron chi connectivity index (χ1n) is 7.01. The minimum absolute atomic E-state index is 0.0592. The average Bonchev–Trinajstić information content (AvgIpc) is 3.32. The Labute approximate surface area is 130 Å². The van der Waals surface area contributed by atoms with E-state index >= 15 is 0 Å². The van der Waals surface area contributed by atoms with Gasteiger partial charge in [0.15, 0.2) is 0 Å². The molecule has 0 saturated heterocycles. The van der Waals surface area contributed by atoms with Gasteiger partial charge in [0, 0.05) is 41.7 Å². The predicted molar refractivity (Wildman–Crippen MR) is 81.9 cm³/mol. The molecule has 0 unspecified atom stereocenters. The number of nitro groups is 1.